The number of allylic oxidation sites excluding steroid dienone is 1. The summed E-state index contributed by atoms with van der Waals surface area (Å²) in [6, 6.07) is 20.7. The van der Waals surface area contributed by atoms with Gasteiger partial charge >= 0.3 is 0 Å². The Morgan fingerprint density at radius 3 is 2.59 bits per heavy atom. The summed E-state index contributed by atoms with van der Waals surface area (Å²) >= 11 is 0. The fourth-order valence-corrected chi connectivity index (χ4v) is 3.82. The molecule has 1 aromatic heterocycles. The molecule has 1 aliphatic rings. The van der Waals surface area contributed by atoms with Gasteiger partial charge in [0.25, 0.3) is 5.91 Å². The predicted octanol–water partition coefficient (Wildman–Crippen LogP) is 4.71. The van der Waals surface area contributed by atoms with E-state index in [1.807, 2.05) is 55.5 Å². The van der Waals surface area contributed by atoms with Crippen molar-refractivity contribution in [1.82, 2.24) is 15.5 Å². The molecule has 0 fully saturated rings. The van der Waals surface area contributed by atoms with Crippen LogP contribution < -0.4 is 10.6 Å². The Kier molecular flexibility index (Phi) is 4.99. The molecule has 3 aromatic carbocycles. The van der Waals surface area contributed by atoms with Gasteiger partial charge in [0.05, 0.1) is 17.3 Å². The van der Waals surface area contributed by atoms with E-state index in [4.69, 9.17) is 4.99 Å². The molecule has 6 nitrogen and oxygen atoms in total. The van der Waals surface area contributed by atoms with Crippen LogP contribution in [0.2, 0.25) is 0 Å². The van der Waals surface area contributed by atoms with Gasteiger partial charge in [0, 0.05) is 22.3 Å². The summed E-state index contributed by atoms with van der Waals surface area (Å²) in [5.74, 6) is 0.0480. The van der Waals surface area contributed by atoms with Crippen LogP contribution in [-0.4, -0.2) is 21.9 Å². The highest BCUT2D eigenvalue weighted by Gasteiger charge is 2.29. The smallest absolute Gasteiger partial charge is 0.255 e. The van der Waals surface area contributed by atoms with E-state index < -0.39 is 6.04 Å². The van der Waals surface area contributed by atoms with Gasteiger partial charge in [-0.15, -0.1) is 0 Å². The number of aromatic nitrogens is 2. The molecule has 1 amide bonds. The van der Waals surface area contributed by atoms with E-state index in [1.54, 1.807) is 18.3 Å². The second-order valence-electron chi connectivity index (χ2n) is 7.59. The monoisotopic (exact) mass is 425 g/mol. The molecule has 32 heavy (non-hydrogen) atoms. The number of aliphatic imine (C=N–C) groups is 1. The topological polar surface area (TPSA) is 82.2 Å². The number of carbonyl (C=O) groups excluding carboxylic acids is 1. The molecule has 7 heteroatoms. The van der Waals surface area contributed by atoms with E-state index in [1.165, 1.54) is 12.1 Å². The summed E-state index contributed by atoms with van der Waals surface area (Å²) in [4.78, 5) is 18.2. The second kappa shape index (κ2) is 8.11. The van der Waals surface area contributed by atoms with E-state index in [0.717, 1.165) is 22.0 Å². The fourth-order valence-electron chi connectivity index (χ4n) is 3.82. The van der Waals surface area contributed by atoms with Crippen molar-refractivity contribution in [3.8, 4) is 0 Å². The number of nitrogens with one attached hydrogen (secondary N) is 3. The van der Waals surface area contributed by atoms with Gasteiger partial charge in [-0.05, 0) is 42.8 Å². The molecule has 0 bridgehead atoms. The van der Waals surface area contributed by atoms with E-state index in [2.05, 4.69) is 20.8 Å². The average Bonchev–Trinajstić information content (AvgIpc) is 3.27. The molecule has 5 rings (SSSR count). The number of anilines is 1. The Labute approximate surface area is 183 Å². The lowest BCUT2D eigenvalue weighted by atomic mass is 9.94. The number of amidine groups is 1. The number of aromatic amines is 1. The van der Waals surface area contributed by atoms with Gasteiger partial charge in [0.15, 0.2) is 0 Å². The SMILES string of the molecule is CC1=C(C(=O)Nc2ccc3[nH]ncc3c2)C(c2ccc(F)cc2)N=C(c2ccccc2)N1. The molecular formula is C25H20FN5O. The summed E-state index contributed by atoms with van der Waals surface area (Å²) in [6.07, 6.45) is 1.70. The number of amides is 1. The van der Waals surface area contributed by atoms with Crippen molar-refractivity contribution in [2.24, 2.45) is 4.99 Å². The second-order valence-corrected chi connectivity index (χ2v) is 7.59. The standard InChI is InChI=1S/C25H20FN5O/c1-15-22(25(32)29-20-11-12-21-18(13-20)14-27-31-21)23(16-7-9-19(26)10-8-16)30-24(28-15)17-5-3-2-4-6-17/h2-14,23H,1H3,(H,27,31)(H,28,30)(H,29,32). The number of rotatable bonds is 4. The van der Waals surface area contributed by atoms with Crippen molar-refractivity contribution in [1.29, 1.82) is 0 Å². The van der Waals surface area contributed by atoms with Crippen LogP contribution >= 0.6 is 0 Å². The van der Waals surface area contributed by atoms with E-state index >= 15 is 0 Å². The van der Waals surface area contributed by atoms with Crippen LogP contribution in [0.25, 0.3) is 10.9 Å². The molecule has 2 heterocycles. The molecule has 3 N–H and O–H groups in total. The van der Waals surface area contributed by atoms with Gasteiger partial charge in [-0.1, -0.05) is 42.5 Å². The number of hydrogen-bond donors (Lipinski definition) is 3. The minimum absolute atomic E-state index is 0.275. The van der Waals surface area contributed by atoms with E-state index in [0.29, 0.717) is 22.8 Å². The Hall–Kier alpha value is -4.26. The van der Waals surface area contributed by atoms with Gasteiger partial charge in [0.2, 0.25) is 0 Å². The van der Waals surface area contributed by atoms with Gasteiger partial charge in [-0.25, -0.2) is 4.39 Å². The van der Waals surface area contributed by atoms with Crippen molar-refractivity contribution in [3.63, 3.8) is 0 Å². The molecule has 1 atom stereocenters. The summed E-state index contributed by atoms with van der Waals surface area (Å²) in [7, 11) is 0. The first-order valence-corrected chi connectivity index (χ1v) is 10.2. The molecule has 1 unspecified atom stereocenters. The Morgan fingerprint density at radius 1 is 1.03 bits per heavy atom. The third-order valence-electron chi connectivity index (χ3n) is 5.42. The normalized spacial score (nSPS) is 15.9. The minimum Gasteiger partial charge on any atom is -0.343 e. The van der Waals surface area contributed by atoms with Gasteiger partial charge in [0.1, 0.15) is 17.7 Å². The van der Waals surface area contributed by atoms with Gasteiger partial charge in [-0.3, -0.25) is 14.9 Å². The lowest BCUT2D eigenvalue weighted by Gasteiger charge is -2.27. The van der Waals surface area contributed by atoms with Crippen molar-refractivity contribution in [3.05, 3.63) is 107 Å². The number of nitrogens with zero attached hydrogens (tertiary/aromatic N) is 2. The van der Waals surface area contributed by atoms with Crippen LogP contribution in [0.3, 0.4) is 0 Å². The summed E-state index contributed by atoms with van der Waals surface area (Å²) in [5, 5.41) is 14.0. The first kappa shape index (κ1) is 19.7. The van der Waals surface area contributed by atoms with Crippen LogP contribution in [0, 0.1) is 5.82 Å². The maximum atomic E-state index is 13.6. The van der Waals surface area contributed by atoms with Crippen LogP contribution in [0.4, 0.5) is 10.1 Å². The zero-order valence-corrected chi connectivity index (χ0v) is 17.3. The average molecular weight is 425 g/mol. The first-order chi connectivity index (χ1) is 15.6. The predicted molar refractivity (Wildman–Crippen MR) is 123 cm³/mol. The first-order valence-electron chi connectivity index (χ1n) is 10.2. The van der Waals surface area contributed by atoms with Crippen molar-refractivity contribution >= 4 is 28.3 Å². The highest BCUT2D eigenvalue weighted by molar-refractivity contribution is 6.09. The number of halogens is 1. The number of carbonyl (C=O) groups is 1. The van der Waals surface area contributed by atoms with E-state index in [9.17, 15) is 9.18 Å². The lowest BCUT2D eigenvalue weighted by molar-refractivity contribution is -0.113. The third kappa shape index (κ3) is 3.76. The molecule has 1 aliphatic heterocycles. The highest BCUT2D eigenvalue weighted by atomic mass is 19.1. The number of benzene rings is 3. The van der Waals surface area contributed by atoms with Crippen molar-refractivity contribution in [2.75, 3.05) is 5.32 Å². The van der Waals surface area contributed by atoms with Crippen LogP contribution in [0.15, 0.2) is 95.3 Å². The Balaban J connectivity index is 1.52. The minimum atomic E-state index is -0.579. The summed E-state index contributed by atoms with van der Waals surface area (Å²) in [6.45, 7) is 1.85. The molecular weight excluding hydrogens is 405 g/mol. The molecule has 158 valence electrons. The van der Waals surface area contributed by atoms with Crippen molar-refractivity contribution < 1.29 is 9.18 Å². The van der Waals surface area contributed by atoms with Gasteiger partial charge < -0.3 is 10.6 Å². The highest BCUT2D eigenvalue weighted by Crippen LogP contribution is 2.32. The number of H-pyrrole nitrogens is 1. The number of hydrogen-bond acceptors (Lipinski definition) is 4. The Bertz CT molecular complexity index is 1360. The summed E-state index contributed by atoms with van der Waals surface area (Å²) < 4.78 is 13.6. The molecule has 0 radical (unpaired) electrons. The number of fused-ring (bicyclic) bond motifs is 1. The summed E-state index contributed by atoms with van der Waals surface area (Å²) in [5.41, 5.74) is 4.34. The third-order valence-corrected chi connectivity index (χ3v) is 5.42. The fraction of sp³-hybridized carbons (Fsp3) is 0.0800. The maximum Gasteiger partial charge on any atom is 0.255 e. The van der Waals surface area contributed by atoms with Crippen LogP contribution in [0.1, 0.15) is 24.1 Å². The van der Waals surface area contributed by atoms with E-state index in [-0.39, 0.29) is 11.7 Å². The molecule has 0 saturated heterocycles. The zero-order valence-electron chi connectivity index (χ0n) is 17.3. The van der Waals surface area contributed by atoms with Gasteiger partial charge in [-0.2, -0.15) is 5.10 Å². The zero-order chi connectivity index (χ0) is 22.1. The van der Waals surface area contributed by atoms with Crippen LogP contribution in [0.5, 0.6) is 0 Å². The lowest BCUT2D eigenvalue weighted by Crippen LogP contribution is -2.34. The maximum absolute atomic E-state index is 13.6. The van der Waals surface area contributed by atoms with Crippen molar-refractivity contribution in [2.45, 2.75) is 13.0 Å². The quantitative estimate of drug-likeness (QED) is 0.443. The molecule has 0 aliphatic carbocycles. The molecule has 4 aromatic rings. The Morgan fingerprint density at radius 2 is 1.81 bits per heavy atom. The molecule has 0 spiro atoms. The van der Waals surface area contributed by atoms with Crippen LogP contribution in [-0.2, 0) is 4.79 Å². The molecule has 0 saturated carbocycles. The largest absolute Gasteiger partial charge is 0.343 e.